The molecule has 4 nitrogen and oxygen atoms in total. The van der Waals surface area contributed by atoms with Crippen molar-refractivity contribution < 1.29 is 5.11 Å². The van der Waals surface area contributed by atoms with E-state index in [1.807, 2.05) is 6.92 Å². The van der Waals surface area contributed by atoms with Crippen LogP contribution in [0.4, 0.5) is 0 Å². The van der Waals surface area contributed by atoms with Crippen LogP contribution in [0, 0.1) is 0 Å². The van der Waals surface area contributed by atoms with Crippen LogP contribution in [0.2, 0.25) is 0 Å². The van der Waals surface area contributed by atoms with E-state index in [1.165, 1.54) is 26.2 Å². The molecule has 3 N–H and O–H groups in total. The normalized spacial score (nSPS) is 22.3. The Morgan fingerprint density at radius 3 is 2.28 bits per heavy atom. The van der Waals surface area contributed by atoms with Gasteiger partial charge >= 0.3 is 0 Å². The molecule has 0 aliphatic carbocycles. The van der Waals surface area contributed by atoms with Crippen LogP contribution in [0.25, 0.3) is 0 Å². The third-order valence-electron chi connectivity index (χ3n) is 4.02. The van der Waals surface area contributed by atoms with Crippen LogP contribution in [0.15, 0.2) is 0 Å². The summed E-state index contributed by atoms with van der Waals surface area (Å²) in [6, 6.07) is 0.673. The third-order valence-corrected chi connectivity index (χ3v) is 4.02. The molecule has 1 atom stereocenters. The van der Waals surface area contributed by atoms with E-state index in [0.29, 0.717) is 12.6 Å². The number of hydrogen-bond acceptors (Lipinski definition) is 4. The summed E-state index contributed by atoms with van der Waals surface area (Å²) in [4.78, 5) is 5.08. The van der Waals surface area contributed by atoms with Crippen molar-refractivity contribution >= 4 is 0 Å². The first-order valence-electron chi connectivity index (χ1n) is 7.33. The maximum Gasteiger partial charge on any atom is 0.0741 e. The molecule has 1 fully saturated rings. The smallest absolute Gasteiger partial charge is 0.0741 e. The highest BCUT2D eigenvalue weighted by Gasteiger charge is 2.19. The predicted molar refractivity (Wildman–Crippen MR) is 76.7 cm³/mol. The largest absolute Gasteiger partial charge is 0.389 e. The Labute approximate surface area is 112 Å². The minimum atomic E-state index is -0.670. The van der Waals surface area contributed by atoms with Crippen LogP contribution in [0.1, 0.15) is 40.0 Å². The SMILES string of the molecule is CC(C)N1CCN(CCCCC(C)(O)CN)CC1. The lowest BCUT2D eigenvalue weighted by Gasteiger charge is -2.37. The summed E-state index contributed by atoms with van der Waals surface area (Å²) in [6.45, 7) is 12.6. The molecule has 18 heavy (non-hydrogen) atoms. The summed E-state index contributed by atoms with van der Waals surface area (Å²) < 4.78 is 0. The van der Waals surface area contributed by atoms with Gasteiger partial charge in [0, 0.05) is 38.8 Å². The van der Waals surface area contributed by atoms with Gasteiger partial charge in [-0.1, -0.05) is 0 Å². The fourth-order valence-electron chi connectivity index (χ4n) is 2.45. The van der Waals surface area contributed by atoms with Crippen LogP contribution in [0.5, 0.6) is 0 Å². The quantitative estimate of drug-likeness (QED) is 0.665. The van der Waals surface area contributed by atoms with Gasteiger partial charge in [-0.2, -0.15) is 0 Å². The van der Waals surface area contributed by atoms with Gasteiger partial charge in [-0.15, -0.1) is 0 Å². The molecule has 0 aromatic rings. The Hall–Kier alpha value is -0.160. The van der Waals surface area contributed by atoms with Crippen molar-refractivity contribution in [3.8, 4) is 0 Å². The average Bonchev–Trinajstić information content (AvgIpc) is 2.35. The lowest BCUT2D eigenvalue weighted by Crippen LogP contribution is -2.48. The first-order chi connectivity index (χ1) is 8.44. The summed E-state index contributed by atoms with van der Waals surface area (Å²) in [5.41, 5.74) is 4.84. The molecule has 4 heteroatoms. The zero-order chi connectivity index (χ0) is 13.6. The molecule has 1 rings (SSSR count). The number of nitrogens with two attached hydrogens (primary N) is 1. The van der Waals surface area contributed by atoms with Gasteiger partial charge in [-0.3, -0.25) is 4.90 Å². The van der Waals surface area contributed by atoms with E-state index in [4.69, 9.17) is 5.73 Å². The number of piperazine rings is 1. The van der Waals surface area contributed by atoms with Crippen LogP contribution < -0.4 is 5.73 Å². The zero-order valence-electron chi connectivity index (χ0n) is 12.4. The zero-order valence-corrected chi connectivity index (χ0v) is 12.4. The van der Waals surface area contributed by atoms with E-state index >= 15 is 0 Å². The molecule has 108 valence electrons. The first kappa shape index (κ1) is 15.9. The van der Waals surface area contributed by atoms with Crippen molar-refractivity contribution in [2.24, 2.45) is 5.73 Å². The van der Waals surface area contributed by atoms with E-state index in [2.05, 4.69) is 23.6 Å². The Bertz CT molecular complexity index is 223. The third kappa shape index (κ3) is 5.65. The van der Waals surface area contributed by atoms with Crippen LogP contribution >= 0.6 is 0 Å². The van der Waals surface area contributed by atoms with Gasteiger partial charge in [0.25, 0.3) is 0 Å². The molecule has 1 unspecified atom stereocenters. The van der Waals surface area contributed by atoms with Gasteiger partial charge < -0.3 is 15.7 Å². The molecule has 0 saturated carbocycles. The molecule has 0 amide bonds. The van der Waals surface area contributed by atoms with Gasteiger partial charge in [-0.25, -0.2) is 0 Å². The molecule has 0 aromatic heterocycles. The Kier molecular flexibility index (Phi) is 6.57. The predicted octanol–water partition coefficient (Wildman–Crippen LogP) is 0.892. The van der Waals surface area contributed by atoms with Crippen LogP contribution in [-0.4, -0.2) is 65.8 Å². The van der Waals surface area contributed by atoms with Crippen molar-refractivity contribution in [3.05, 3.63) is 0 Å². The summed E-state index contributed by atoms with van der Waals surface area (Å²) >= 11 is 0. The van der Waals surface area contributed by atoms with Crippen molar-refractivity contribution in [2.45, 2.75) is 51.7 Å². The van der Waals surface area contributed by atoms with E-state index in [1.54, 1.807) is 0 Å². The number of nitrogens with zero attached hydrogens (tertiary/aromatic N) is 2. The van der Waals surface area contributed by atoms with Gasteiger partial charge in [0.2, 0.25) is 0 Å². The monoisotopic (exact) mass is 257 g/mol. The maximum absolute atomic E-state index is 9.81. The highest BCUT2D eigenvalue weighted by atomic mass is 16.3. The molecule has 1 aliphatic rings. The average molecular weight is 257 g/mol. The van der Waals surface area contributed by atoms with Crippen LogP contribution in [-0.2, 0) is 0 Å². The maximum atomic E-state index is 9.81. The Morgan fingerprint density at radius 2 is 1.78 bits per heavy atom. The second kappa shape index (κ2) is 7.43. The summed E-state index contributed by atoms with van der Waals surface area (Å²) in [5, 5.41) is 9.81. The molecular weight excluding hydrogens is 226 g/mol. The topological polar surface area (TPSA) is 52.7 Å². The molecule has 0 spiro atoms. The minimum absolute atomic E-state index is 0.361. The van der Waals surface area contributed by atoms with Crippen molar-refractivity contribution in [2.75, 3.05) is 39.3 Å². The highest BCUT2D eigenvalue weighted by molar-refractivity contribution is 4.76. The Morgan fingerprint density at radius 1 is 1.17 bits per heavy atom. The van der Waals surface area contributed by atoms with E-state index < -0.39 is 5.60 Å². The lowest BCUT2D eigenvalue weighted by atomic mass is 9.99. The molecule has 1 heterocycles. The van der Waals surface area contributed by atoms with Gasteiger partial charge in [0.05, 0.1) is 5.60 Å². The van der Waals surface area contributed by atoms with Crippen molar-refractivity contribution in [3.63, 3.8) is 0 Å². The van der Waals surface area contributed by atoms with Gasteiger partial charge in [0.1, 0.15) is 0 Å². The minimum Gasteiger partial charge on any atom is -0.389 e. The van der Waals surface area contributed by atoms with Gasteiger partial charge in [-0.05, 0) is 46.6 Å². The van der Waals surface area contributed by atoms with E-state index in [0.717, 1.165) is 25.8 Å². The van der Waals surface area contributed by atoms with Crippen LogP contribution in [0.3, 0.4) is 0 Å². The fourth-order valence-corrected chi connectivity index (χ4v) is 2.45. The second-order valence-corrected chi connectivity index (χ2v) is 6.13. The van der Waals surface area contributed by atoms with Crippen molar-refractivity contribution in [1.29, 1.82) is 0 Å². The first-order valence-corrected chi connectivity index (χ1v) is 7.33. The summed E-state index contributed by atoms with van der Waals surface area (Å²) in [7, 11) is 0. The van der Waals surface area contributed by atoms with Gasteiger partial charge in [0.15, 0.2) is 0 Å². The molecule has 0 aromatic carbocycles. The van der Waals surface area contributed by atoms with E-state index in [9.17, 15) is 5.11 Å². The molecule has 1 aliphatic heterocycles. The second-order valence-electron chi connectivity index (χ2n) is 6.13. The Balaban J connectivity index is 2.08. The molecule has 0 bridgehead atoms. The number of aliphatic hydroxyl groups is 1. The van der Waals surface area contributed by atoms with Crippen molar-refractivity contribution in [1.82, 2.24) is 9.80 Å². The lowest BCUT2D eigenvalue weighted by molar-refractivity contribution is 0.0548. The fraction of sp³-hybridized carbons (Fsp3) is 1.00. The highest BCUT2D eigenvalue weighted by Crippen LogP contribution is 2.13. The molecular formula is C14H31N3O. The van der Waals surface area contributed by atoms with E-state index in [-0.39, 0.29) is 0 Å². The molecule has 1 saturated heterocycles. The summed E-state index contributed by atoms with van der Waals surface area (Å²) in [6.07, 6.45) is 3.04. The summed E-state index contributed by atoms with van der Waals surface area (Å²) in [5.74, 6) is 0. The number of unbranched alkanes of at least 4 members (excludes halogenated alkanes) is 1. The standard InChI is InChI=1S/C14H31N3O/c1-13(2)17-10-8-16(9-11-17)7-5-4-6-14(3,18)12-15/h13,18H,4-12,15H2,1-3H3. The number of hydrogen-bond donors (Lipinski definition) is 2. The number of rotatable bonds is 7. The molecule has 0 radical (unpaired) electrons.